The van der Waals surface area contributed by atoms with E-state index in [1.165, 1.54) is 12.1 Å². The van der Waals surface area contributed by atoms with Gasteiger partial charge in [-0.1, -0.05) is 18.2 Å². The second-order valence-corrected chi connectivity index (χ2v) is 7.68. The molecule has 0 saturated carbocycles. The zero-order valence-corrected chi connectivity index (χ0v) is 16.1. The molecule has 150 valence electrons. The van der Waals surface area contributed by atoms with E-state index in [0.717, 1.165) is 22.4 Å². The third-order valence-corrected chi connectivity index (χ3v) is 5.84. The van der Waals surface area contributed by atoms with Gasteiger partial charge in [0.2, 0.25) is 5.91 Å². The van der Waals surface area contributed by atoms with Crippen LogP contribution >= 0.6 is 0 Å². The van der Waals surface area contributed by atoms with E-state index in [0.29, 0.717) is 31.5 Å². The van der Waals surface area contributed by atoms with Gasteiger partial charge in [-0.15, -0.1) is 0 Å². The summed E-state index contributed by atoms with van der Waals surface area (Å²) in [7, 11) is 0. The van der Waals surface area contributed by atoms with Crippen LogP contribution < -0.4 is 0 Å². The molecule has 6 heteroatoms. The average molecular weight is 396 g/mol. The second-order valence-electron chi connectivity index (χ2n) is 7.68. The van der Waals surface area contributed by atoms with E-state index >= 15 is 0 Å². The molecule has 1 atom stereocenters. The molecule has 4 nitrogen and oxygen atoms in total. The summed E-state index contributed by atoms with van der Waals surface area (Å²) < 4.78 is 27.0. The number of pyridine rings is 1. The number of hydrogen-bond acceptors (Lipinski definition) is 3. The molecule has 1 amide bonds. The zero-order chi connectivity index (χ0) is 20.6. The lowest BCUT2D eigenvalue weighted by Gasteiger charge is -2.40. The van der Waals surface area contributed by atoms with Crippen molar-refractivity contribution >= 4 is 16.7 Å². The Bertz CT molecular complexity index is 1040. The molecule has 1 unspecified atom stereocenters. The number of halogens is 2. The van der Waals surface area contributed by atoms with Crippen molar-refractivity contribution in [2.45, 2.75) is 31.3 Å². The highest BCUT2D eigenvalue weighted by atomic mass is 19.1. The summed E-state index contributed by atoms with van der Waals surface area (Å²) in [4.78, 5) is 18.7. The van der Waals surface area contributed by atoms with E-state index < -0.39 is 23.2 Å². The van der Waals surface area contributed by atoms with Crippen molar-refractivity contribution in [2.24, 2.45) is 0 Å². The number of benzene rings is 2. The van der Waals surface area contributed by atoms with E-state index in [2.05, 4.69) is 4.98 Å². The summed E-state index contributed by atoms with van der Waals surface area (Å²) >= 11 is 0. The van der Waals surface area contributed by atoms with Crippen molar-refractivity contribution in [1.29, 1.82) is 0 Å². The van der Waals surface area contributed by atoms with Gasteiger partial charge in [-0.3, -0.25) is 9.78 Å². The number of nitrogens with zero attached hydrogens (tertiary/aromatic N) is 2. The Morgan fingerprint density at radius 1 is 1.14 bits per heavy atom. The first-order valence-corrected chi connectivity index (χ1v) is 9.68. The molecule has 1 aliphatic heterocycles. The van der Waals surface area contributed by atoms with Crippen molar-refractivity contribution in [2.75, 3.05) is 13.1 Å². The maximum Gasteiger partial charge on any atom is 0.229 e. The van der Waals surface area contributed by atoms with E-state index in [1.54, 1.807) is 24.2 Å². The molecule has 0 aliphatic carbocycles. The largest absolute Gasteiger partial charge is 0.385 e. The molecule has 0 radical (unpaired) electrons. The number of amides is 1. The number of hydrogen-bond donors (Lipinski definition) is 1. The first-order valence-electron chi connectivity index (χ1n) is 9.68. The predicted octanol–water partition coefficient (Wildman–Crippen LogP) is 4.13. The minimum atomic E-state index is -1.04. The summed E-state index contributed by atoms with van der Waals surface area (Å²) in [6.07, 6.45) is 4.25. The highest BCUT2D eigenvalue weighted by Crippen LogP contribution is 2.37. The fourth-order valence-electron chi connectivity index (χ4n) is 4.14. The molecule has 1 aliphatic rings. The van der Waals surface area contributed by atoms with Gasteiger partial charge < -0.3 is 10.0 Å². The Labute approximate surface area is 167 Å². The van der Waals surface area contributed by atoms with E-state index in [1.807, 2.05) is 24.3 Å². The van der Waals surface area contributed by atoms with Gasteiger partial charge in [0.25, 0.3) is 0 Å². The van der Waals surface area contributed by atoms with Crippen LogP contribution in [0.3, 0.4) is 0 Å². The maximum atomic E-state index is 13.5. The van der Waals surface area contributed by atoms with Gasteiger partial charge in [0, 0.05) is 36.9 Å². The number of piperidine rings is 1. The van der Waals surface area contributed by atoms with Gasteiger partial charge in [-0.2, -0.15) is 0 Å². The highest BCUT2D eigenvalue weighted by molar-refractivity contribution is 5.86. The first-order chi connectivity index (χ1) is 13.9. The molecule has 0 bridgehead atoms. The first kappa shape index (κ1) is 19.5. The van der Waals surface area contributed by atoms with Crippen LogP contribution in [0.15, 0.2) is 54.9 Å². The Morgan fingerprint density at radius 3 is 2.52 bits per heavy atom. The van der Waals surface area contributed by atoms with Gasteiger partial charge in [0.15, 0.2) is 0 Å². The molecular formula is C23H22F2N2O2. The molecule has 1 fully saturated rings. The van der Waals surface area contributed by atoms with Crippen molar-refractivity contribution < 1.29 is 18.7 Å². The van der Waals surface area contributed by atoms with Crippen LogP contribution in [0.1, 0.15) is 36.8 Å². The Balaban J connectivity index is 1.52. The van der Waals surface area contributed by atoms with E-state index in [4.69, 9.17) is 0 Å². The van der Waals surface area contributed by atoms with Crippen LogP contribution in [0.4, 0.5) is 8.78 Å². The number of carbonyl (C=O) groups excluding carboxylic acids is 1. The van der Waals surface area contributed by atoms with Crippen molar-refractivity contribution in [3.8, 4) is 0 Å². The molecule has 1 N–H and O–H groups in total. The van der Waals surface area contributed by atoms with Crippen LogP contribution in [0.25, 0.3) is 10.8 Å². The van der Waals surface area contributed by atoms with Gasteiger partial charge >= 0.3 is 0 Å². The fourth-order valence-corrected chi connectivity index (χ4v) is 4.14. The van der Waals surface area contributed by atoms with Crippen molar-refractivity contribution in [1.82, 2.24) is 9.88 Å². The quantitative estimate of drug-likeness (QED) is 0.724. The molecule has 0 spiro atoms. The standard InChI is InChI=1S/C23H22F2N2O2/c1-15(17-11-18(24)13-19(25)12-17)22(28)27-9-6-23(29,7-10-27)21-4-2-3-16-14-26-8-5-20(16)21/h2-5,8,11-15,29H,6-7,9-10H2,1H3. The topological polar surface area (TPSA) is 53.4 Å². The van der Waals surface area contributed by atoms with E-state index in [9.17, 15) is 18.7 Å². The normalized spacial score (nSPS) is 17.3. The summed E-state index contributed by atoms with van der Waals surface area (Å²) in [5, 5.41) is 13.2. The van der Waals surface area contributed by atoms with Crippen LogP contribution in [-0.4, -0.2) is 34.0 Å². The number of rotatable bonds is 3. The Hall–Kier alpha value is -2.86. The third kappa shape index (κ3) is 3.72. The van der Waals surface area contributed by atoms with Gasteiger partial charge in [0.1, 0.15) is 11.6 Å². The number of aliphatic hydroxyl groups is 1. The molecule has 4 rings (SSSR count). The number of carbonyl (C=O) groups is 1. The fraction of sp³-hybridized carbons (Fsp3) is 0.304. The maximum absolute atomic E-state index is 13.5. The van der Waals surface area contributed by atoms with Crippen LogP contribution in [0.5, 0.6) is 0 Å². The monoisotopic (exact) mass is 396 g/mol. The number of aromatic nitrogens is 1. The zero-order valence-electron chi connectivity index (χ0n) is 16.1. The predicted molar refractivity (Wildman–Crippen MR) is 106 cm³/mol. The van der Waals surface area contributed by atoms with Gasteiger partial charge in [-0.25, -0.2) is 8.78 Å². The van der Waals surface area contributed by atoms with Crippen LogP contribution in [0, 0.1) is 11.6 Å². The molecule has 3 aromatic rings. The lowest BCUT2D eigenvalue weighted by atomic mass is 9.82. The summed E-state index contributed by atoms with van der Waals surface area (Å²) in [6.45, 7) is 2.40. The SMILES string of the molecule is CC(C(=O)N1CCC(O)(c2cccc3cnccc23)CC1)c1cc(F)cc(F)c1. The number of fused-ring (bicyclic) bond motifs is 1. The van der Waals surface area contributed by atoms with E-state index in [-0.39, 0.29) is 5.91 Å². The van der Waals surface area contributed by atoms with Crippen LogP contribution in [0.2, 0.25) is 0 Å². The van der Waals surface area contributed by atoms with Gasteiger partial charge in [-0.05, 0) is 54.5 Å². The third-order valence-electron chi connectivity index (χ3n) is 5.84. The summed E-state index contributed by atoms with van der Waals surface area (Å²) in [5.74, 6) is -2.24. The Kier molecular flexibility index (Phi) is 5.04. The summed E-state index contributed by atoms with van der Waals surface area (Å²) in [5.41, 5.74) is 0.117. The second kappa shape index (κ2) is 7.52. The lowest BCUT2D eigenvalue weighted by Crippen LogP contribution is -2.46. The minimum absolute atomic E-state index is 0.195. The van der Waals surface area contributed by atoms with Gasteiger partial charge in [0.05, 0.1) is 11.5 Å². The highest BCUT2D eigenvalue weighted by Gasteiger charge is 2.37. The van der Waals surface area contributed by atoms with Crippen LogP contribution in [-0.2, 0) is 10.4 Å². The molecule has 2 heterocycles. The minimum Gasteiger partial charge on any atom is -0.385 e. The average Bonchev–Trinajstić information content (AvgIpc) is 2.72. The van der Waals surface area contributed by atoms with Crippen molar-refractivity contribution in [3.63, 3.8) is 0 Å². The number of likely N-dealkylation sites (tertiary alicyclic amines) is 1. The molecule has 29 heavy (non-hydrogen) atoms. The molecule has 2 aromatic carbocycles. The summed E-state index contributed by atoms with van der Waals surface area (Å²) in [6, 6.07) is 10.8. The van der Waals surface area contributed by atoms with Crippen molar-refractivity contribution in [3.05, 3.63) is 77.6 Å². The molecule has 1 saturated heterocycles. The Morgan fingerprint density at radius 2 is 1.83 bits per heavy atom. The smallest absolute Gasteiger partial charge is 0.229 e. The molecular weight excluding hydrogens is 374 g/mol. The lowest BCUT2D eigenvalue weighted by molar-refractivity contribution is -0.137. The molecule has 1 aromatic heterocycles.